The number of hydrogen-bond acceptors (Lipinski definition) is 3. The molecule has 104 valence electrons. The van der Waals surface area contributed by atoms with Crippen molar-refractivity contribution in [3.8, 4) is 5.75 Å². The Balaban J connectivity index is 2.25. The Morgan fingerprint density at radius 2 is 1.67 bits per heavy atom. The highest BCUT2D eigenvalue weighted by Gasteiger charge is 2.32. The number of carbonyl (C=O) groups excluding carboxylic acids is 2. The standard InChI is InChI=1S/C17H11IO3/c1-2-9-21-17-13(18)8-7-12-14(17)16(20)11-6-4-3-5-10(11)15(12)19/h2-8H,1,9H2. The van der Waals surface area contributed by atoms with Crippen LogP contribution in [0.15, 0.2) is 49.1 Å². The molecule has 3 nitrogen and oxygen atoms in total. The summed E-state index contributed by atoms with van der Waals surface area (Å²) in [6.45, 7) is 3.90. The summed E-state index contributed by atoms with van der Waals surface area (Å²) in [6, 6.07) is 10.4. The second kappa shape index (κ2) is 5.44. The third-order valence-corrected chi connectivity index (χ3v) is 4.19. The number of fused-ring (bicyclic) bond motifs is 2. The quantitative estimate of drug-likeness (QED) is 0.507. The number of rotatable bonds is 3. The van der Waals surface area contributed by atoms with E-state index in [2.05, 4.69) is 29.2 Å². The Labute approximate surface area is 135 Å². The SMILES string of the molecule is C=CCOc1c(I)ccc2c1C(=O)c1ccccc1C2=O. The largest absolute Gasteiger partial charge is 0.488 e. The molecule has 0 spiro atoms. The average molecular weight is 390 g/mol. The molecular weight excluding hydrogens is 379 g/mol. The number of halogens is 1. The summed E-state index contributed by atoms with van der Waals surface area (Å²) in [5.74, 6) is 0.152. The highest BCUT2D eigenvalue weighted by molar-refractivity contribution is 14.1. The molecule has 3 rings (SSSR count). The van der Waals surface area contributed by atoms with Gasteiger partial charge in [-0.25, -0.2) is 0 Å². The smallest absolute Gasteiger partial charge is 0.198 e. The highest BCUT2D eigenvalue weighted by Crippen LogP contribution is 2.36. The van der Waals surface area contributed by atoms with Crippen molar-refractivity contribution < 1.29 is 14.3 Å². The van der Waals surface area contributed by atoms with Crippen LogP contribution >= 0.6 is 22.6 Å². The monoisotopic (exact) mass is 390 g/mol. The molecule has 21 heavy (non-hydrogen) atoms. The maximum Gasteiger partial charge on any atom is 0.198 e. The normalized spacial score (nSPS) is 12.6. The van der Waals surface area contributed by atoms with E-state index in [0.29, 0.717) is 28.0 Å². The number of hydrogen-bond donors (Lipinski definition) is 0. The van der Waals surface area contributed by atoms with Crippen molar-refractivity contribution in [3.63, 3.8) is 0 Å². The fourth-order valence-corrected chi connectivity index (χ4v) is 3.02. The Morgan fingerprint density at radius 3 is 2.33 bits per heavy atom. The summed E-state index contributed by atoms with van der Waals surface area (Å²) in [5, 5.41) is 0. The zero-order chi connectivity index (χ0) is 15.0. The second-order valence-corrected chi connectivity index (χ2v) is 5.76. The summed E-state index contributed by atoms with van der Waals surface area (Å²) in [6.07, 6.45) is 1.61. The summed E-state index contributed by atoms with van der Waals surface area (Å²) in [7, 11) is 0. The molecule has 0 N–H and O–H groups in total. The first-order valence-electron chi connectivity index (χ1n) is 6.39. The summed E-state index contributed by atoms with van der Waals surface area (Å²) in [4.78, 5) is 25.3. The molecule has 2 aromatic carbocycles. The minimum absolute atomic E-state index is 0.139. The lowest BCUT2D eigenvalue weighted by Gasteiger charge is -2.20. The first-order chi connectivity index (χ1) is 10.1. The maximum atomic E-state index is 12.7. The van der Waals surface area contributed by atoms with Crippen molar-refractivity contribution in [2.45, 2.75) is 0 Å². The van der Waals surface area contributed by atoms with Crippen LogP contribution in [0.3, 0.4) is 0 Å². The molecule has 1 aliphatic rings. The third-order valence-electron chi connectivity index (χ3n) is 3.34. The molecule has 4 heteroatoms. The molecule has 0 aliphatic heterocycles. The lowest BCUT2D eigenvalue weighted by molar-refractivity contribution is 0.0976. The van der Waals surface area contributed by atoms with E-state index in [1.165, 1.54) is 0 Å². The van der Waals surface area contributed by atoms with Crippen LogP contribution in [0.4, 0.5) is 0 Å². The molecule has 2 aromatic rings. The van der Waals surface area contributed by atoms with Gasteiger partial charge in [-0.3, -0.25) is 9.59 Å². The fourth-order valence-electron chi connectivity index (χ4n) is 2.41. The van der Waals surface area contributed by atoms with Crippen molar-refractivity contribution in [1.29, 1.82) is 0 Å². The van der Waals surface area contributed by atoms with E-state index in [4.69, 9.17) is 4.74 Å². The van der Waals surface area contributed by atoms with Gasteiger partial charge in [0, 0.05) is 16.7 Å². The van der Waals surface area contributed by atoms with Crippen LogP contribution in [-0.4, -0.2) is 18.2 Å². The molecule has 0 fully saturated rings. The van der Waals surface area contributed by atoms with Crippen molar-refractivity contribution in [3.05, 3.63) is 74.9 Å². The van der Waals surface area contributed by atoms with Crippen LogP contribution in [-0.2, 0) is 0 Å². The Morgan fingerprint density at radius 1 is 1.00 bits per heavy atom. The van der Waals surface area contributed by atoms with E-state index in [0.717, 1.165) is 3.57 Å². The molecule has 0 radical (unpaired) electrons. The van der Waals surface area contributed by atoms with E-state index in [1.54, 1.807) is 42.5 Å². The molecule has 0 aromatic heterocycles. The van der Waals surface area contributed by atoms with Gasteiger partial charge in [-0.2, -0.15) is 0 Å². The third kappa shape index (κ3) is 2.19. The van der Waals surface area contributed by atoms with Gasteiger partial charge in [0.25, 0.3) is 0 Å². The lowest BCUT2D eigenvalue weighted by Crippen LogP contribution is -2.22. The van der Waals surface area contributed by atoms with E-state index >= 15 is 0 Å². The molecule has 0 bridgehead atoms. The second-order valence-electron chi connectivity index (χ2n) is 4.60. The van der Waals surface area contributed by atoms with Crippen LogP contribution in [0.2, 0.25) is 0 Å². The molecule has 1 aliphatic carbocycles. The molecule has 0 saturated heterocycles. The van der Waals surface area contributed by atoms with Gasteiger partial charge in [0.1, 0.15) is 12.4 Å². The first-order valence-corrected chi connectivity index (χ1v) is 7.47. The average Bonchev–Trinajstić information content (AvgIpc) is 2.51. The lowest BCUT2D eigenvalue weighted by atomic mass is 9.83. The highest BCUT2D eigenvalue weighted by atomic mass is 127. The van der Waals surface area contributed by atoms with E-state index < -0.39 is 0 Å². The topological polar surface area (TPSA) is 43.4 Å². The van der Waals surface area contributed by atoms with Gasteiger partial charge in [-0.15, -0.1) is 0 Å². The minimum atomic E-state index is -0.169. The zero-order valence-corrected chi connectivity index (χ0v) is 13.2. The van der Waals surface area contributed by atoms with E-state index in [1.807, 2.05) is 0 Å². The number of ketones is 2. The van der Waals surface area contributed by atoms with E-state index in [-0.39, 0.29) is 18.2 Å². The van der Waals surface area contributed by atoms with Crippen LogP contribution in [0.5, 0.6) is 5.75 Å². The molecule has 0 heterocycles. The Kier molecular flexibility index (Phi) is 3.63. The van der Waals surface area contributed by atoms with Crippen LogP contribution in [0, 0.1) is 3.57 Å². The number of benzene rings is 2. The van der Waals surface area contributed by atoms with Crippen molar-refractivity contribution in [1.82, 2.24) is 0 Å². The summed E-state index contributed by atoms with van der Waals surface area (Å²) in [5.41, 5.74) is 1.64. The van der Waals surface area contributed by atoms with Crippen LogP contribution in [0.25, 0.3) is 0 Å². The molecule has 0 unspecified atom stereocenters. The van der Waals surface area contributed by atoms with Gasteiger partial charge in [0.05, 0.1) is 9.13 Å². The van der Waals surface area contributed by atoms with Crippen molar-refractivity contribution >= 4 is 34.2 Å². The van der Waals surface area contributed by atoms with Crippen LogP contribution in [0.1, 0.15) is 31.8 Å². The fraction of sp³-hybridized carbons (Fsp3) is 0.0588. The first kappa shape index (κ1) is 14.0. The van der Waals surface area contributed by atoms with Gasteiger partial charge in [-0.1, -0.05) is 36.9 Å². The number of carbonyl (C=O) groups is 2. The molecule has 0 saturated carbocycles. The maximum absolute atomic E-state index is 12.7. The number of ether oxygens (including phenoxy) is 1. The van der Waals surface area contributed by atoms with Crippen LogP contribution < -0.4 is 4.74 Å². The summed E-state index contributed by atoms with van der Waals surface area (Å²) >= 11 is 2.10. The predicted octanol–water partition coefficient (Wildman–Crippen LogP) is 3.63. The Bertz CT molecular complexity index is 778. The van der Waals surface area contributed by atoms with Crippen molar-refractivity contribution in [2.75, 3.05) is 6.61 Å². The molecular formula is C17H11IO3. The molecule has 0 amide bonds. The van der Waals surface area contributed by atoms with Gasteiger partial charge < -0.3 is 4.74 Å². The van der Waals surface area contributed by atoms with Gasteiger partial charge in [-0.05, 0) is 34.7 Å². The predicted molar refractivity (Wildman–Crippen MR) is 88.2 cm³/mol. The van der Waals surface area contributed by atoms with Gasteiger partial charge in [0.15, 0.2) is 11.6 Å². The summed E-state index contributed by atoms with van der Waals surface area (Å²) < 4.78 is 6.42. The Hall–Kier alpha value is -1.95. The van der Waals surface area contributed by atoms with E-state index in [9.17, 15) is 9.59 Å². The zero-order valence-electron chi connectivity index (χ0n) is 11.1. The minimum Gasteiger partial charge on any atom is -0.488 e. The van der Waals surface area contributed by atoms with Gasteiger partial charge in [0.2, 0.25) is 0 Å². The molecule has 0 atom stereocenters. The van der Waals surface area contributed by atoms with Crippen molar-refractivity contribution in [2.24, 2.45) is 0 Å². The van der Waals surface area contributed by atoms with Gasteiger partial charge >= 0.3 is 0 Å².